The maximum absolute atomic E-state index is 11.1. The summed E-state index contributed by atoms with van der Waals surface area (Å²) in [5.74, 6) is 1.11. The number of ether oxygens (including phenoxy) is 1. The van der Waals surface area contributed by atoms with Crippen molar-refractivity contribution >= 4 is 5.69 Å². The van der Waals surface area contributed by atoms with E-state index in [1.54, 1.807) is 12.1 Å². The Morgan fingerprint density at radius 1 is 1.34 bits per heavy atom. The molecule has 6 heteroatoms. The van der Waals surface area contributed by atoms with E-state index in [2.05, 4.69) is 49.9 Å². The number of nitrogens with zero attached hydrogens (tertiary/aromatic N) is 3. The Balaban J connectivity index is 1.78. The Hall–Kier alpha value is -2.05. The molecule has 0 N–H and O–H groups in total. The first-order valence-corrected chi connectivity index (χ1v) is 10.5. The summed E-state index contributed by atoms with van der Waals surface area (Å²) in [5, 5.41) is 7.35. The zero-order valence-electron chi connectivity index (χ0n) is 18.3. The second-order valence-electron chi connectivity index (χ2n) is 9.53. The Morgan fingerprint density at radius 3 is 2.79 bits per heavy atom. The molecular weight excluding hydrogens is 366 g/mol. The van der Waals surface area contributed by atoms with Gasteiger partial charge in [0.15, 0.2) is 5.76 Å². The minimum Gasteiger partial charge on any atom is -0.374 e. The molecule has 6 nitrogen and oxygen atoms in total. The fraction of sp³-hybridized carbons (Fsp3) is 0.609. The van der Waals surface area contributed by atoms with Crippen LogP contribution in [0.2, 0.25) is 0 Å². The second kappa shape index (κ2) is 8.76. The molecule has 2 atom stereocenters. The van der Waals surface area contributed by atoms with Crippen LogP contribution in [0.25, 0.3) is 11.3 Å². The molecule has 1 aromatic carbocycles. The zero-order chi connectivity index (χ0) is 21.1. The van der Waals surface area contributed by atoms with Gasteiger partial charge in [0, 0.05) is 37.9 Å². The van der Waals surface area contributed by atoms with Gasteiger partial charge in [0.1, 0.15) is 5.69 Å². The molecule has 0 saturated carbocycles. The summed E-state index contributed by atoms with van der Waals surface area (Å²) in [6.45, 7) is 14.6. The molecule has 1 saturated heterocycles. The SMILES string of the molecule is CCCO[C@@]1(C)CC(C(C)(C)C)CN(Cc2cc(-c3ccccc3N=O)on2)C1. The third-order valence-corrected chi connectivity index (χ3v) is 5.81. The molecule has 3 rings (SSSR count). The lowest BCUT2D eigenvalue weighted by molar-refractivity contribution is -0.110. The van der Waals surface area contributed by atoms with Gasteiger partial charge in [-0.3, -0.25) is 4.90 Å². The van der Waals surface area contributed by atoms with E-state index >= 15 is 0 Å². The Bertz CT molecular complexity index is 827. The largest absolute Gasteiger partial charge is 0.374 e. The second-order valence-corrected chi connectivity index (χ2v) is 9.53. The third-order valence-electron chi connectivity index (χ3n) is 5.81. The first-order chi connectivity index (χ1) is 13.7. The molecule has 0 aliphatic carbocycles. The van der Waals surface area contributed by atoms with Crippen molar-refractivity contribution in [2.24, 2.45) is 16.5 Å². The molecule has 29 heavy (non-hydrogen) atoms. The number of hydrogen-bond acceptors (Lipinski definition) is 6. The Kier molecular flexibility index (Phi) is 6.54. The summed E-state index contributed by atoms with van der Waals surface area (Å²) >= 11 is 0. The first kappa shape index (κ1) is 21.7. The molecule has 1 aliphatic rings. The summed E-state index contributed by atoms with van der Waals surface area (Å²) in [6, 6.07) is 9.07. The van der Waals surface area contributed by atoms with Gasteiger partial charge in [-0.05, 0) is 48.4 Å². The van der Waals surface area contributed by atoms with E-state index in [0.29, 0.717) is 29.5 Å². The van der Waals surface area contributed by atoms with Gasteiger partial charge in [-0.2, -0.15) is 0 Å². The van der Waals surface area contributed by atoms with E-state index < -0.39 is 0 Å². The maximum atomic E-state index is 11.1. The van der Waals surface area contributed by atoms with Crippen molar-refractivity contribution in [3.63, 3.8) is 0 Å². The molecule has 1 unspecified atom stereocenters. The molecule has 1 fully saturated rings. The van der Waals surface area contributed by atoms with E-state index in [1.807, 2.05) is 18.2 Å². The van der Waals surface area contributed by atoms with Gasteiger partial charge in [0.25, 0.3) is 0 Å². The topological polar surface area (TPSA) is 67.9 Å². The van der Waals surface area contributed by atoms with Gasteiger partial charge in [0.2, 0.25) is 0 Å². The van der Waals surface area contributed by atoms with Crippen molar-refractivity contribution in [2.75, 3.05) is 19.7 Å². The minimum absolute atomic E-state index is 0.160. The normalized spacial score (nSPS) is 23.3. The molecule has 2 heterocycles. The zero-order valence-corrected chi connectivity index (χ0v) is 18.3. The average molecular weight is 400 g/mol. The van der Waals surface area contributed by atoms with Crippen LogP contribution in [0.5, 0.6) is 0 Å². The lowest BCUT2D eigenvalue weighted by atomic mass is 9.72. The predicted molar refractivity (Wildman–Crippen MR) is 115 cm³/mol. The highest BCUT2D eigenvalue weighted by molar-refractivity contribution is 5.71. The highest BCUT2D eigenvalue weighted by Gasteiger charge is 2.41. The number of hydrogen-bond donors (Lipinski definition) is 0. The van der Waals surface area contributed by atoms with Gasteiger partial charge >= 0.3 is 0 Å². The summed E-state index contributed by atoms with van der Waals surface area (Å²) in [4.78, 5) is 13.5. The smallest absolute Gasteiger partial charge is 0.169 e. The molecule has 0 spiro atoms. The Labute approximate surface area is 173 Å². The monoisotopic (exact) mass is 399 g/mol. The minimum atomic E-state index is -0.160. The van der Waals surface area contributed by atoms with Crippen LogP contribution in [-0.4, -0.2) is 35.4 Å². The molecular formula is C23H33N3O3. The van der Waals surface area contributed by atoms with E-state index in [9.17, 15) is 4.91 Å². The number of rotatable bonds is 7. The molecule has 1 aliphatic heterocycles. The van der Waals surface area contributed by atoms with Gasteiger partial charge < -0.3 is 9.26 Å². The van der Waals surface area contributed by atoms with Crippen LogP contribution in [0.4, 0.5) is 5.69 Å². The maximum Gasteiger partial charge on any atom is 0.169 e. The Morgan fingerprint density at radius 2 is 2.10 bits per heavy atom. The number of piperidine rings is 1. The molecule has 158 valence electrons. The predicted octanol–water partition coefficient (Wildman–Crippen LogP) is 5.79. The number of nitroso groups, excluding NO2 is 1. The summed E-state index contributed by atoms with van der Waals surface area (Å²) < 4.78 is 11.8. The van der Waals surface area contributed by atoms with Crippen LogP contribution < -0.4 is 0 Å². The van der Waals surface area contributed by atoms with Crippen LogP contribution in [0.3, 0.4) is 0 Å². The third kappa shape index (κ3) is 5.31. The highest BCUT2D eigenvalue weighted by Crippen LogP contribution is 2.39. The van der Waals surface area contributed by atoms with E-state index in [1.165, 1.54) is 0 Å². The van der Waals surface area contributed by atoms with Gasteiger partial charge in [0.05, 0.1) is 11.3 Å². The van der Waals surface area contributed by atoms with Gasteiger partial charge in [-0.15, -0.1) is 4.91 Å². The highest BCUT2D eigenvalue weighted by atomic mass is 16.5. The summed E-state index contributed by atoms with van der Waals surface area (Å²) in [7, 11) is 0. The standard InChI is InChI=1S/C23H33N3O3/c1-6-11-28-23(5)13-17(22(2,3)4)14-26(16-23)15-18-12-21(29-25-18)19-9-7-8-10-20(19)24-27/h7-10,12,17H,6,11,13-16H2,1-5H3/t17?,23-/m0/s1. The van der Waals surface area contributed by atoms with Crippen molar-refractivity contribution in [3.8, 4) is 11.3 Å². The van der Waals surface area contributed by atoms with Crippen LogP contribution in [0.15, 0.2) is 40.0 Å². The lowest BCUT2D eigenvalue weighted by Gasteiger charge is -2.48. The van der Waals surface area contributed by atoms with E-state index in [4.69, 9.17) is 9.26 Å². The number of likely N-dealkylation sites (tertiary alicyclic amines) is 1. The summed E-state index contributed by atoms with van der Waals surface area (Å²) in [6.07, 6.45) is 2.09. The molecule has 0 bridgehead atoms. The van der Waals surface area contributed by atoms with Gasteiger partial charge in [-0.25, -0.2) is 0 Å². The fourth-order valence-electron chi connectivity index (χ4n) is 4.16. The van der Waals surface area contributed by atoms with E-state index in [-0.39, 0.29) is 11.0 Å². The van der Waals surface area contributed by atoms with Gasteiger partial charge in [-0.1, -0.05) is 45.0 Å². The van der Waals surface area contributed by atoms with Crippen molar-refractivity contribution in [1.82, 2.24) is 10.1 Å². The van der Waals surface area contributed by atoms with Crippen molar-refractivity contribution in [1.29, 1.82) is 0 Å². The lowest BCUT2D eigenvalue weighted by Crippen LogP contribution is -2.53. The first-order valence-electron chi connectivity index (χ1n) is 10.5. The average Bonchev–Trinajstić information content (AvgIpc) is 3.13. The number of aromatic nitrogens is 1. The summed E-state index contributed by atoms with van der Waals surface area (Å²) in [5.41, 5.74) is 1.93. The van der Waals surface area contributed by atoms with Crippen LogP contribution in [0, 0.1) is 16.2 Å². The molecule has 2 aromatic rings. The van der Waals surface area contributed by atoms with Crippen LogP contribution in [0.1, 0.15) is 53.2 Å². The van der Waals surface area contributed by atoms with E-state index in [0.717, 1.165) is 38.2 Å². The molecule has 1 aromatic heterocycles. The van der Waals surface area contributed by atoms with Crippen molar-refractivity contribution in [3.05, 3.63) is 40.9 Å². The quantitative estimate of drug-likeness (QED) is 0.551. The van der Waals surface area contributed by atoms with Crippen molar-refractivity contribution in [2.45, 2.75) is 59.6 Å². The molecule has 0 amide bonds. The van der Waals surface area contributed by atoms with Crippen LogP contribution >= 0.6 is 0 Å². The number of benzene rings is 1. The van der Waals surface area contributed by atoms with Crippen molar-refractivity contribution < 1.29 is 9.26 Å². The molecule has 0 radical (unpaired) electrons. The van der Waals surface area contributed by atoms with Crippen LogP contribution in [-0.2, 0) is 11.3 Å². The fourth-order valence-corrected chi connectivity index (χ4v) is 4.16.